The van der Waals surface area contributed by atoms with E-state index in [1.165, 1.54) is 4.90 Å². The standard InChI is InChI=1S/C11H11ClN2O3/c12-8-3-1-2-4-9(8)14-6-7(5-10(15)16)13-11(14)17/h1-4,7H,5-6H2,(H,13,17)(H,15,16). The largest absolute Gasteiger partial charge is 0.481 e. The summed E-state index contributed by atoms with van der Waals surface area (Å²) in [7, 11) is 0. The maximum atomic E-state index is 11.7. The van der Waals surface area contributed by atoms with Gasteiger partial charge in [0, 0.05) is 6.54 Å². The van der Waals surface area contributed by atoms with Gasteiger partial charge in [-0.05, 0) is 12.1 Å². The van der Waals surface area contributed by atoms with E-state index in [1.54, 1.807) is 24.3 Å². The summed E-state index contributed by atoms with van der Waals surface area (Å²) >= 11 is 5.99. The van der Waals surface area contributed by atoms with E-state index in [2.05, 4.69) is 5.32 Å². The topological polar surface area (TPSA) is 69.6 Å². The molecule has 2 N–H and O–H groups in total. The zero-order valence-corrected chi connectivity index (χ0v) is 9.65. The van der Waals surface area contributed by atoms with Gasteiger partial charge in [0.2, 0.25) is 0 Å². The van der Waals surface area contributed by atoms with Crippen molar-refractivity contribution < 1.29 is 14.7 Å². The number of nitrogens with zero attached hydrogens (tertiary/aromatic N) is 1. The minimum Gasteiger partial charge on any atom is -0.481 e. The smallest absolute Gasteiger partial charge is 0.322 e. The van der Waals surface area contributed by atoms with Crippen molar-refractivity contribution in [1.82, 2.24) is 5.32 Å². The van der Waals surface area contributed by atoms with E-state index in [0.717, 1.165) is 0 Å². The molecular weight excluding hydrogens is 244 g/mol. The molecule has 0 saturated carbocycles. The first-order chi connectivity index (χ1) is 8.08. The Balaban J connectivity index is 2.16. The number of carbonyl (C=O) groups is 2. The molecule has 1 atom stereocenters. The van der Waals surface area contributed by atoms with Gasteiger partial charge < -0.3 is 10.4 Å². The Morgan fingerprint density at radius 2 is 2.24 bits per heavy atom. The van der Waals surface area contributed by atoms with E-state index in [-0.39, 0.29) is 18.5 Å². The number of halogens is 1. The summed E-state index contributed by atoms with van der Waals surface area (Å²) in [5, 5.41) is 11.8. The van der Waals surface area contributed by atoms with Crippen molar-refractivity contribution in [1.29, 1.82) is 0 Å². The van der Waals surface area contributed by atoms with E-state index in [9.17, 15) is 9.59 Å². The second kappa shape index (κ2) is 4.63. The van der Waals surface area contributed by atoms with Crippen LogP contribution in [0.25, 0.3) is 0 Å². The maximum absolute atomic E-state index is 11.7. The minimum atomic E-state index is -0.934. The number of rotatable bonds is 3. The first-order valence-electron chi connectivity index (χ1n) is 5.12. The molecule has 0 spiro atoms. The number of carboxylic acids is 1. The Hall–Kier alpha value is -1.75. The molecule has 0 bridgehead atoms. The van der Waals surface area contributed by atoms with E-state index >= 15 is 0 Å². The fourth-order valence-corrected chi connectivity index (χ4v) is 2.04. The molecule has 0 aromatic heterocycles. The Morgan fingerprint density at radius 3 is 2.88 bits per heavy atom. The van der Waals surface area contributed by atoms with E-state index in [0.29, 0.717) is 17.3 Å². The van der Waals surface area contributed by atoms with Crippen molar-refractivity contribution >= 4 is 29.3 Å². The maximum Gasteiger partial charge on any atom is 0.322 e. The molecule has 2 rings (SSSR count). The van der Waals surface area contributed by atoms with Crippen LogP contribution in [-0.4, -0.2) is 29.7 Å². The van der Waals surface area contributed by atoms with Gasteiger partial charge in [-0.15, -0.1) is 0 Å². The van der Waals surface area contributed by atoms with Crippen molar-refractivity contribution in [3.63, 3.8) is 0 Å². The van der Waals surface area contributed by atoms with E-state index < -0.39 is 5.97 Å². The van der Waals surface area contributed by atoms with Crippen molar-refractivity contribution in [2.75, 3.05) is 11.4 Å². The number of hydrogen-bond donors (Lipinski definition) is 2. The lowest BCUT2D eigenvalue weighted by Gasteiger charge is -2.15. The molecule has 1 aromatic rings. The van der Waals surface area contributed by atoms with Gasteiger partial charge in [0.05, 0.1) is 23.2 Å². The quantitative estimate of drug-likeness (QED) is 0.863. The molecule has 17 heavy (non-hydrogen) atoms. The number of hydrogen-bond acceptors (Lipinski definition) is 2. The average molecular weight is 255 g/mol. The van der Waals surface area contributed by atoms with Crippen molar-refractivity contribution in [3.05, 3.63) is 29.3 Å². The van der Waals surface area contributed by atoms with Gasteiger partial charge >= 0.3 is 12.0 Å². The van der Waals surface area contributed by atoms with Gasteiger partial charge in [0.25, 0.3) is 0 Å². The molecule has 1 aliphatic rings. The second-order valence-electron chi connectivity index (χ2n) is 3.81. The van der Waals surface area contributed by atoms with Crippen LogP contribution in [0.2, 0.25) is 5.02 Å². The number of aliphatic carboxylic acids is 1. The van der Waals surface area contributed by atoms with Crippen LogP contribution in [0.4, 0.5) is 10.5 Å². The van der Waals surface area contributed by atoms with Crippen LogP contribution in [0, 0.1) is 0 Å². The molecule has 1 aromatic carbocycles. The highest BCUT2D eigenvalue weighted by atomic mass is 35.5. The van der Waals surface area contributed by atoms with Crippen LogP contribution >= 0.6 is 11.6 Å². The Morgan fingerprint density at radius 1 is 1.53 bits per heavy atom. The molecule has 2 amide bonds. The highest BCUT2D eigenvalue weighted by Gasteiger charge is 2.31. The fourth-order valence-electron chi connectivity index (χ4n) is 1.81. The third kappa shape index (κ3) is 2.50. The zero-order chi connectivity index (χ0) is 12.4. The van der Waals surface area contributed by atoms with Gasteiger partial charge in [-0.25, -0.2) is 4.79 Å². The molecule has 1 heterocycles. The predicted molar refractivity (Wildman–Crippen MR) is 63.4 cm³/mol. The SMILES string of the molecule is O=C(O)CC1CN(c2ccccc2Cl)C(=O)N1. The fraction of sp³-hybridized carbons (Fsp3) is 0.273. The van der Waals surface area contributed by atoms with Gasteiger partial charge in [-0.1, -0.05) is 23.7 Å². The summed E-state index contributed by atoms with van der Waals surface area (Å²) in [4.78, 5) is 23.7. The lowest BCUT2D eigenvalue weighted by atomic mass is 10.2. The number of anilines is 1. The van der Waals surface area contributed by atoms with E-state index in [1.807, 2.05) is 0 Å². The second-order valence-corrected chi connectivity index (χ2v) is 4.21. The minimum absolute atomic E-state index is 0.0906. The van der Waals surface area contributed by atoms with Gasteiger partial charge in [-0.3, -0.25) is 9.69 Å². The summed E-state index contributed by atoms with van der Waals surface area (Å²) < 4.78 is 0. The molecule has 0 aliphatic carbocycles. The van der Waals surface area contributed by atoms with Crippen molar-refractivity contribution in [2.24, 2.45) is 0 Å². The Labute approximate surface area is 103 Å². The molecule has 90 valence electrons. The molecule has 0 radical (unpaired) electrons. The number of carbonyl (C=O) groups excluding carboxylic acids is 1. The summed E-state index contributed by atoms with van der Waals surface area (Å²) in [6.45, 7) is 0.314. The third-order valence-corrected chi connectivity index (χ3v) is 2.86. The summed E-state index contributed by atoms with van der Waals surface area (Å²) in [5.74, 6) is -0.934. The first-order valence-corrected chi connectivity index (χ1v) is 5.50. The van der Waals surface area contributed by atoms with Crippen molar-refractivity contribution in [3.8, 4) is 0 Å². The van der Waals surface area contributed by atoms with Crippen LogP contribution < -0.4 is 10.2 Å². The number of carboxylic acid groups (broad SMARTS) is 1. The molecule has 1 saturated heterocycles. The normalized spacial score (nSPS) is 19.2. The van der Waals surface area contributed by atoms with Gasteiger partial charge in [0.15, 0.2) is 0 Å². The average Bonchev–Trinajstić information content (AvgIpc) is 2.59. The van der Waals surface area contributed by atoms with Gasteiger partial charge in [0.1, 0.15) is 0 Å². The number of para-hydroxylation sites is 1. The predicted octanol–water partition coefficient (Wildman–Crippen LogP) is 1.71. The number of amides is 2. The highest BCUT2D eigenvalue weighted by molar-refractivity contribution is 6.33. The molecule has 1 fully saturated rings. The van der Waals surface area contributed by atoms with Gasteiger partial charge in [-0.2, -0.15) is 0 Å². The monoisotopic (exact) mass is 254 g/mol. The number of benzene rings is 1. The summed E-state index contributed by atoms with van der Waals surface area (Å²) in [6, 6.07) is 6.27. The summed E-state index contributed by atoms with van der Waals surface area (Å²) in [6.07, 6.45) is -0.0906. The lowest BCUT2D eigenvalue weighted by molar-refractivity contribution is -0.137. The number of nitrogens with one attached hydrogen (secondary N) is 1. The number of urea groups is 1. The third-order valence-electron chi connectivity index (χ3n) is 2.54. The molecule has 1 unspecified atom stereocenters. The van der Waals surface area contributed by atoms with Crippen LogP contribution in [0.15, 0.2) is 24.3 Å². The molecular formula is C11H11ClN2O3. The first kappa shape index (κ1) is 11.7. The van der Waals surface area contributed by atoms with Crippen LogP contribution in [-0.2, 0) is 4.79 Å². The Kier molecular flexibility index (Phi) is 3.19. The Bertz CT molecular complexity index is 464. The molecule has 6 heteroatoms. The summed E-state index contributed by atoms with van der Waals surface area (Å²) in [5.41, 5.74) is 0.597. The van der Waals surface area contributed by atoms with Crippen molar-refractivity contribution in [2.45, 2.75) is 12.5 Å². The van der Waals surface area contributed by atoms with Crippen LogP contribution in [0.1, 0.15) is 6.42 Å². The molecule has 5 nitrogen and oxygen atoms in total. The highest BCUT2D eigenvalue weighted by Crippen LogP contribution is 2.27. The zero-order valence-electron chi connectivity index (χ0n) is 8.89. The molecule has 1 aliphatic heterocycles. The van der Waals surface area contributed by atoms with Crippen LogP contribution in [0.5, 0.6) is 0 Å². The van der Waals surface area contributed by atoms with Crippen LogP contribution in [0.3, 0.4) is 0 Å². The lowest BCUT2D eigenvalue weighted by Crippen LogP contribution is -2.29. The van der Waals surface area contributed by atoms with E-state index in [4.69, 9.17) is 16.7 Å².